The van der Waals surface area contributed by atoms with Crippen molar-refractivity contribution < 1.29 is 5.11 Å². The summed E-state index contributed by atoms with van der Waals surface area (Å²) in [5.74, 6) is 0. The fourth-order valence-corrected chi connectivity index (χ4v) is 0.950. The van der Waals surface area contributed by atoms with Crippen LogP contribution in [0.4, 0.5) is 5.69 Å². The molecule has 1 aromatic carbocycles. The predicted octanol–water partition coefficient (Wildman–Crippen LogP) is 1.73. The quantitative estimate of drug-likeness (QED) is 0.711. The molecule has 0 amide bonds. The van der Waals surface area contributed by atoms with Crippen molar-refractivity contribution in [1.29, 1.82) is 0 Å². The summed E-state index contributed by atoms with van der Waals surface area (Å²) >= 11 is 0. The van der Waals surface area contributed by atoms with Crippen LogP contribution in [0.25, 0.3) is 6.08 Å². The molecule has 0 bridgehead atoms. The summed E-state index contributed by atoms with van der Waals surface area (Å²) in [4.78, 5) is 0. The van der Waals surface area contributed by atoms with E-state index in [0.717, 1.165) is 11.3 Å². The van der Waals surface area contributed by atoms with Crippen molar-refractivity contribution in [1.82, 2.24) is 0 Å². The Balaban J connectivity index is 2.71. The number of hydrogen-bond acceptors (Lipinski definition) is 2. The molecule has 0 aliphatic rings. The van der Waals surface area contributed by atoms with Gasteiger partial charge in [-0.25, -0.2) is 0 Å². The van der Waals surface area contributed by atoms with Crippen LogP contribution in [-0.2, 0) is 0 Å². The lowest BCUT2D eigenvalue weighted by atomic mass is 10.2. The Kier molecular flexibility index (Phi) is 3.35. The third-order valence-electron chi connectivity index (χ3n) is 1.62. The fraction of sp³-hybridized carbons (Fsp3) is 0.200. The summed E-state index contributed by atoms with van der Waals surface area (Å²) in [6.07, 6.45) is 3.60. The molecule has 0 fully saturated rings. The normalized spacial score (nSPS) is 10.5. The smallest absolute Gasteiger partial charge is 0.0615 e. The minimum atomic E-state index is 0.0911. The topological polar surface area (TPSA) is 32.3 Å². The molecule has 0 aromatic heterocycles. The van der Waals surface area contributed by atoms with E-state index in [2.05, 4.69) is 5.32 Å². The molecule has 0 saturated carbocycles. The average molecular weight is 163 g/mol. The number of aliphatic hydroxyl groups excluding tert-OH is 1. The van der Waals surface area contributed by atoms with Gasteiger partial charge in [0.15, 0.2) is 0 Å². The highest BCUT2D eigenvalue weighted by molar-refractivity contribution is 5.54. The van der Waals surface area contributed by atoms with Crippen LogP contribution in [0.5, 0.6) is 0 Å². The molecule has 0 aliphatic carbocycles. The van der Waals surface area contributed by atoms with Gasteiger partial charge in [-0.1, -0.05) is 24.3 Å². The van der Waals surface area contributed by atoms with Gasteiger partial charge in [-0.05, 0) is 17.7 Å². The van der Waals surface area contributed by atoms with Crippen molar-refractivity contribution >= 4 is 11.8 Å². The Morgan fingerprint density at radius 3 is 2.50 bits per heavy atom. The average Bonchev–Trinajstić information content (AvgIpc) is 2.15. The Morgan fingerprint density at radius 2 is 2.00 bits per heavy atom. The van der Waals surface area contributed by atoms with Gasteiger partial charge in [0.05, 0.1) is 6.61 Å². The lowest BCUT2D eigenvalue weighted by Gasteiger charge is -1.98. The van der Waals surface area contributed by atoms with Crippen LogP contribution in [0.2, 0.25) is 0 Å². The number of aliphatic hydroxyl groups is 1. The van der Waals surface area contributed by atoms with Gasteiger partial charge >= 0.3 is 0 Å². The molecule has 0 aliphatic heterocycles. The molecule has 64 valence electrons. The van der Waals surface area contributed by atoms with Crippen molar-refractivity contribution in [3.8, 4) is 0 Å². The van der Waals surface area contributed by atoms with Crippen molar-refractivity contribution in [2.24, 2.45) is 0 Å². The zero-order valence-electron chi connectivity index (χ0n) is 7.12. The molecule has 12 heavy (non-hydrogen) atoms. The number of anilines is 1. The maximum absolute atomic E-state index is 8.53. The highest BCUT2D eigenvalue weighted by Gasteiger charge is 1.87. The van der Waals surface area contributed by atoms with Gasteiger partial charge in [0.1, 0.15) is 0 Å². The van der Waals surface area contributed by atoms with Gasteiger partial charge < -0.3 is 10.4 Å². The highest BCUT2D eigenvalue weighted by Crippen LogP contribution is 2.09. The molecule has 1 aromatic rings. The highest BCUT2D eigenvalue weighted by atomic mass is 16.2. The van der Waals surface area contributed by atoms with E-state index in [9.17, 15) is 0 Å². The molecular weight excluding hydrogens is 150 g/mol. The molecule has 1 rings (SSSR count). The molecule has 0 heterocycles. The number of hydrogen-bond donors (Lipinski definition) is 2. The van der Waals surface area contributed by atoms with E-state index in [4.69, 9.17) is 5.11 Å². The molecule has 2 nitrogen and oxygen atoms in total. The van der Waals surface area contributed by atoms with Crippen LogP contribution in [0.15, 0.2) is 30.3 Å². The lowest BCUT2D eigenvalue weighted by molar-refractivity contribution is 0.343. The Hall–Kier alpha value is -1.28. The Labute approximate surface area is 72.5 Å². The van der Waals surface area contributed by atoms with Crippen molar-refractivity contribution in [2.45, 2.75) is 0 Å². The lowest BCUT2D eigenvalue weighted by Crippen LogP contribution is -1.86. The van der Waals surface area contributed by atoms with E-state index in [1.165, 1.54) is 0 Å². The second-order valence-electron chi connectivity index (χ2n) is 2.46. The standard InChI is InChI=1S/C10H13NO/c1-11-10-6-4-9(5-7-10)3-2-8-12/h2-7,11-12H,8H2,1H3. The molecule has 2 heteroatoms. The largest absolute Gasteiger partial charge is 0.392 e. The molecule has 0 unspecified atom stereocenters. The van der Waals surface area contributed by atoms with Crippen LogP contribution in [-0.4, -0.2) is 18.8 Å². The molecule has 0 spiro atoms. The maximum Gasteiger partial charge on any atom is 0.0615 e. The Bertz CT molecular complexity index is 251. The predicted molar refractivity (Wildman–Crippen MR) is 52.1 cm³/mol. The first-order chi connectivity index (χ1) is 5.86. The van der Waals surface area contributed by atoms with Gasteiger partial charge in [0, 0.05) is 12.7 Å². The fourth-order valence-electron chi connectivity index (χ4n) is 0.950. The maximum atomic E-state index is 8.53. The SMILES string of the molecule is CNc1ccc(C=CCO)cc1. The van der Waals surface area contributed by atoms with Gasteiger partial charge in [-0.2, -0.15) is 0 Å². The minimum Gasteiger partial charge on any atom is -0.392 e. The molecule has 0 atom stereocenters. The van der Waals surface area contributed by atoms with Crippen LogP contribution < -0.4 is 5.32 Å². The monoisotopic (exact) mass is 163 g/mol. The first kappa shape index (κ1) is 8.81. The second-order valence-corrected chi connectivity index (χ2v) is 2.46. The third-order valence-corrected chi connectivity index (χ3v) is 1.62. The van der Waals surface area contributed by atoms with E-state index in [1.807, 2.05) is 37.4 Å². The van der Waals surface area contributed by atoms with E-state index in [-0.39, 0.29) is 6.61 Å². The summed E-state index contributed by atoms with van der Waals surface area (Å²) in [5, 5.41) is 11.6. The van der Waals surface area contributed by atoms with Crippen LogP contribution in [0, 0.1) is 0 Å². The summed E-state index contributed by atoms with van der Waals surface area (Å²) < 4.78 is 0. The molecule has 0 saturated heterocycles. The van der Waals surface area contributed by atoms with Crippen LogP contribution in [0.1, 0.15) is 5.56 Å². The van der Waals surface area contributed by atoms with Crippen molar-refractivity contribution in [3.05, 3.63) is 35.9 Å². The zero-order chi connectivity index (χ0) is 8.81. The van der Waals surface area contributed by atoms with Crippen molar-refractivity contribution in [3.63, 3.8) is 0 Å². The van der Waals surface area contributed by atoms with E-state index in [0.29, 0.717) is 0 Å². The molecule has 0 radical (unpaired) electrons. The third kappa shape index (κ3) is 2.40. The summed E-state index contributed by atoms with van der Waals surface area (Å²) in [7, 11) is 1.89. The van der Waals surface area contributed by atoms with Gasteiger partial charge in [0.2, 0.25) is 0 Å². The van der Waals surface area contributed by atoms with Gasteiger partial charge in [0.25, 0.3) is 0 Å². The number of benzene rings is 1. The molecular formula is C10H13NO. The van der Waals surface area contributed by atoms with Crippen LogP contribution >= 0.6 is 0 Å². The first-order valence-corrected chi connectivity index (χ1v) is 3.92. The van der Waals surface area contributed by atoms with Crippen molar-refractivity contribution in [2.75, 3.05) is 19.0 Å². The number of rotatable bonds is 3. The van der Waals surface area contributed by atoms with Gasteiger partial charge in [-0.3, -0.25) is 0 Å². The summed E-state index contributed by atoms with van der Waals surface area (Å²) in [6.45, 7) is 0.0911. The van der Waals surface area contributed by atoms with E-state index in [1.54, 1.807) is 6.08 Å². The minimum absolute atomic E-state index is 0.0911. The number of nitrogens with one attached hydrogen (secondary N) is 1. The van der Waals surface area contributed by atoms with E-state index >= 15 is 0 Å². The van der Waals surface area contributed by atoms with Gasteiger partial charge in [-0.15, -0.1) is 0 Å². The second kappa shape index (κ2) is 4.57. The Morgan fingerprint density at radius 1 is 1.33 bits per heavy atom. The van der Waals surface area contributed by atoms with E-state index < -0.39 is 0 Å². The van der Waals surface area contributed by atoms with Crippen LogP contribution in [0.3, 0.4) is 0 Å². The zero-order valence-corrected chi connectivity index (χ0v) is 7.12. The summed E-state index contributed by atoms with van der Waals surface area (Å²) in [5.41, 5.74) is 2.19. The summed E-state index contributed by atoms with van der Waals surface area (Å²) in [6, 6.07) is 7.99. The molecule has 2 N–H and O–H groups in total. The first-order valence-electron chi connectivity index (χ1n) is 3.92.